The van der Waals surface area contributed by atoms with E-state index in [1.165, 1.54) is 0 Å². The predicted octanol–water partition coefficient (Wildman–Crippen LogP) is 2.24. The van der Waals surface area contributed by atoms with Gasteiger partial charge in [0.1, 0.15) is 0 Å². The third-order valence-corrected chi connectivity index (χ3v) is 2.01. The van der Waals surface area contributed by atoms with Gasteiger partial charge in [0.2, 0.25) is 0 Å². The topological polar surface area (TPSA) is 33.1 Å². The lowest BCUT2D eigenvalue weighted by Gasteiger charge is -1.97. The van der Waals surface area contributed by atoms with E-state index in [9.17, 15) is 0 Å². The molecule has 0 aliphatic heterocycles. The van der Waals surface area contributed by atoms with Gasteiger partial charge in [0.05, 0.1) is 17.8 Å². The van der Waals surface area contributed by atoms with Crippen molar-refractivity contribution >= 4 is 17.0 Å². The Bertz CT molecular complexity index is 463. The fourth-order valence-electron chi connectivity index (χ4n) is 1.35. The summed E-state index contributed by atoms with van der Waals surface area (Å²) in [5.41, 5.74) is 1.85. The average Bonchev–Trinajstić information content (AvgIpc) is 2.26. The summed E-state index contributed by atoms with van der Waals surface area (Å²) >= 11 is 0. The SMILES string of the molecule is OC/C=C/c1ccc2ccccc2n1. The number of aromatic nitrogens is 1. The Kier molecular flexibility index (Phi) is 2.56. The molecule has 14 heavy (non-hydrogen) atoms. The highest BCUT2D eigenvalue weighted by Gasteiger charge is 1.93. The van der Waals surface area contributed by atoms with Crippen molar-refractivity contribution in [2.24, 2.45) is 0 Å². The van der Waals surface area contributed by atoms with Crippen LogP contribution < -0.4 is 0 Å². The molecule has 0 aliphatic carbocycles. The molecule has 0 spiro atoms. The number of rotatable bonds is 2. The van der Waals surface area contributed by atoms with Crippen molar-refractivity contribution in [2.75, 3.05) is 6.61 Å². The largest absolute Gasteiger partial charge is 0.392 e. The van der Waals surface area contributed by atoms with Crippen molar-refractivity contribution in [2.45, 2.75) is 0 Å². The molecule has 2 heteroatoms. The lowest BCUT2D eigenvalue weighted by molar-refractivity contribution is 0.343. The minimum atomic E-state index is 0.0501. The van der Waals surface area contributed by atoms with E-state index in [0.717, 1.165) is 16.6 Å². The Labute approximate surface area is 82.5 Å². The van der Waals surface area contributed by atoms with E-state index >= 15 is 0 Å². The van der Waals surface area contributed by atoms with Gasteiger partial charge in [0, 0.05) is 5.39 Å². The van der Waals surface area contributed by atoms with Crippen LogP contribution >= 0.6 is 0 Å². The summed E-state index contributed by atoms with van der Waals surface area (Å²) < 4.78 is 0. The van der Waals surface area contributed by atoms with Gasteiger partial charge >= 0.3 is 0 Å². The van der Waals surface area contributed by atoms with Crippen LogP contribution in [0.5, 0.6) is 0 Å². The first kappa shape index (κ1) is 8.91. The van der Waals surface area contributed by atoms with Gasteiger partial charge in [-0.2, -0.15) is 0 Å². The maximum atomic E-state index is 8.63. The Balaban J connectivity index is 2.46. The van der Waals surface area contributed by atoms with Crippen LogP contribution in [0.25, 0.3) is 17.0 Å². The molecule has 70 valence electrons. The van der Waals surface area contributed by atoms with Crippen LogP contribution in [0.1, 0.15) is 5.69 Å². The van der Waals surface area contributed by atoms with E-state index in [1.54, 1.807) is 6.08 Å². The number of para-hydroxylation sites is 1. The van der Waals surface area contributed by atoms with E-state index in [-0.39, 0.29) is 6.61 Å². The van der Waals surface area contributed by atoms with Crippen molar-refractivity contribution in [3.05, 3.63) is 48.2 Å². The Hall–Kier alpha value is -1.67. The van der Waals surface area contributed by atoms with Gasteiger partial charge in [-0.3, -0.25) is 0 Å². The number of hydrogen-bond acceptors (Lipinski definition) is 2. The molecule has 1 N–H and O–H groups in total. The van der Waals surface area contributed by atoms with Crippen LogP contribution in [0.3, 0.4) is 0 Å². The van der Waals surface area contributed by atoms with Crippen LogP contribution in [0.4, 0.5) is 0 Å². The molecule has 2 rings (SSSR count). The first-order valence-corrected chi connectivity index (χ1v) is 4.53. The minimum Gasteiger partial charge on any atom is -0.392 e. The molecule has 0 aliphatic rings. The zero-order chi connectivity index (χ0) is 9.80. The second-order valence-electron chi connectivity index (χ2n) is 3.01. The summed E-state index contributed by atoms with van der Waals surface area (Å²) in [5, 5.41) is 9.76. The molecule has 2 aromatic rings. The van der Waals surface area contributed by atoms with Crippen LogP contribution in [0.15, 0.2) is 42.5 Å². The van der Waals surface area contributed by atoms with E-state index < -0.39 is 0 Å². The smallest absolute Gasteiger partial charge is 0.0709 e. The number of fused-ring (bicyclic) bond motifs is 1. The zero-order valence-corrected chi connectivity index (χ0v) is 7.72. The molecular formula is C12H11NO. The number of pyridine rings is 1. The van der Waals surface area contributed by atoms with Crippen molar-refractivity contribution in [1.82, 2.24) is 4.98 Å². The summed E-state index contributed by atoms with van der Waals surface area (Å²) in [6, 6.07) is 11.9. The Morgan fingerprint density at radius 2 is 2.00 bits per heavy atom. The number of aliphatic hydroxyl groups is 1. The van der Waals surface area contributed by atoms with Crippen LogP contribution in [0, 0.1) is 0 Å². The standard InChI is InChI=1S/C12H11NO/c14-9-3-5-11-8-7-10-4-1-2-6-12(10)13-11/h1-8,14H,9H2/b5-3+. The zero-order valence-electron chi connectivity index (χ0n) is 7.72. The third kappa shape index (κ3) is 1.80. The first-order valence-electron chi connectivity index (χ1n) is 4.53. The molecule has 0 saturated heterocycles. The molecule has 1 aromatic carbocycles. The van der Waals surface area contributed by atoms with E-state index in [0.29, 0.717) is 0 Å². The summed E-state index contributed by atoms with van der Waals surface area (Å²) in [6.45, 7) is 0.0501. The minimum absolute atomic E-state index is 0.0501. The van der Waals surface area contributed by atoms with E-state index in [2.05, 4.69) is 4.98 Å². The summed E-state index contributed by atoms with van der Waals surface area (Å²) in [4.78, 5) is 4.41. The fourth-order valence-corrected chi connectivity index (χ4v) is 1.35. The highest BCUT2D eigenvalue weighted by Crippen LogP contribution is 2.12. The molecule has 0 atom stereocenters. The van der Waals surface area contributed by atoms with Gasteiger partial charge in [0.15, 0.2) is 0 Å². The number of nitrogens with zero attached hydrogens (tertiary/aromatic N) is 1. The van der Waals surface area contributed by atoms with Crippen molar-refractivity contribution in [3.8, 4) is 0 Å². The van der Waals surface area contributed by atoms with Gasteiger partial charge in [-0.15, -0.1) is 0 Å². The molecule has 0 unspecified atom stereocenters. The summed E-state index contributed by atoms with van der Waals surface area (Å²) in [5.74, 6) is 0. The molecule has 0 fully saturated rings. The van der Waals surface area contributed by atoms with Gasteiger partial charge in [-0.25, -0.2) is 4.98 Å². The molecule has 0 radical (unpaired) electrons. The molecule has 2 nitrogen and oxygen atoms in total. The fraction of sp³-hybridized carbons (Fsp3) is 0.0833. The van der Waals surface area contributed by atoms with E-state index in [1.807, 2.05) is 42.5 Å². The summed E-state index contributed by atoms with van der Waals surface area (Å²) in [7, 11) is 0. The lowest BCUT2D eigenvalue weighted by atomic mass is 10.2. The van der Waals surface area contributed by atoms with Crippen molar-refractivity contribution < 1.29 is 5.11 Å². The summed E-state index contributed by atoms with van der Waals surface area (Å²) in [6.07, 6.45) is 3.49. The van der Waals surface area contributed by atoms with Gasteiger partial charge in [0.25, 0.3) is 0 Å². The van der Waals surface area contributed by atoms with Crippen LogP contribution in [0.2, 0.25) is 0 Å². The highest BCUT2D eigenvalue weighted by molar-refractivity contribution is 5.79. The number of benzene rings is 1. The molecule has 1 aromatic heterocycles. The molecular weight excluding hydrogens is 174 g/mol. The Morgan fingerprint density at radius 1 is 1.14 bits per heavy atom. The molecule has 1 heterocycles. The third-order valence-electron chi connectivity index (χ3n) is 2.01. The van der Waals surface area contributed by atoms with Gasteiger partial charge in [-0.05, 0) is 18.2 Å². The quantitative estimate of drug-likeness (QED) is 0.778. The highest BCUT2D eigenvalue weighted by atomic mass is 16.2. The second-order valence-corrected chi connectivity index (χ2v) is 3.01. The average molecular weight is 185 g/mol. The van der Waals surface area contributed by atoms with Gasteiger partial charge in [-0.1, -0.05) is 30.3 Å². The predicted molar refractivity (Wildman–Crippen MR) is 57.9 cm³/mol. The van der Waals surface area contributed by atoms with E-state index in [4.69, 9.17) is 5.11 Å². The van der Waals surface area contributed by atoms with Crippen LogP contribution in [-0.4, -0.2) is 16.7 Å². The van der Waals surface area contributed by atoms with Gasteiger partial charge < -0.3 is 5.11 Å². The monoisotopic (exact) mass is 185 g/mol. The molecule has 0 bridgehead atoms. The maximum absolute atomic E-state index is 8.63. The number of hydrogen-bond donors (Lipinski definition) is 1. The van der Waals surface area contributed by atoms with Crippen molar-refractivity contribution in [3.63, 3.8) is 0 Å². The lowest BCUT2D eigenvalue weighted by Crippen LogP contribution is -1.83. The first-order chi connectivity index (χ1) is 6.90. The number of aliphatic hydroxyl groups excluding tert-OH is 1. The Morgan fingerprint density at radius 3 is 2.86 bits per heavy atom. The normalized spacial score (nSPS) is 11.2. The van der Waals surface area contributed by atoms with Crippen LogP contribution in [-0.2, 0) is 0 Å². The maximum Gasteiger partial charge on any atom is 0.0709 e. The molecule has 0 amide bonds. The van der Waals surface area contributed by atoms with Crippen molar-refractivity contribution in [1.29, 1.82) is 0 Å². The molecule has 0 saturated carbocycles. The second kappa shape index (κ2) is 4.03.